The van der Waals surface area contributed by atoms with E-state index in [2.05, 4.69) is 20.6 Å². The highest BCUT2D eigenvalue weighted by Gasteiger charge is 2.06. The Morgan fingerprint density at radius 3 is 2.40 bits per heavy atom. The minimum absolute atomic E-state index is 0.0203. The van der Waals surface area contributed by atoms with Crippen molar-refractivity contribution < 1.29 is 5.11 Å². The molecule has 0 saturated heterocycles. The van der Waals surface area contributed by atoms with Crippen LogP contribution in [0.3, 0.4) is 0 Å². The number of nitrogens with zero attached hydrogens (tertiary/aromatic N) is 2. The van der Waals surface area contributed by atoms with Gasteiger partial charge in [-0.1, -0.05) is 54.1 Å². The zero-order chi connectivity index (χ0) is 17.5. The van der Waals surface area contributed by atoms with Crippen molar-refractivity contribution >= 4 is 23.4 Å². The maximum absolute atomic E-state index is 9.01. The van der Waals surface area contributed by atoms with Gasteiger partial charge >= 0.3 is 0 Å². The van der Waals surface area contributed by atoms with E-state index in [0.29, 0.717) is 29.9 Å². The van der Waals surface area contributed by atoms with E-state index in [0.717, 1.165) is 16.8 Å². The third-order valence-electron chi connectivity index (χ3n) is 3.58. The lowest BCUT2D eigenvalue weighted by Gasteiger charge is -2.11. The summed E-state index contributed by atoms with van der Waals surface area (Å²) in [5.41, 5.74) is 2.93. The number of benzene rings is 2. The second-order valence-corrected chi connectivity index (χ2v) is 5.89. The topological polar surface area (TPSA) is 70.1 Å². The number of hydrogen-bond donors (Lipinski definition) is 3. The zero-order valence-corrected chi connectivity index (χ0v) is 14.4. The molecule has 3 aromatic rings. The van der Waals surface area contributed by atoms with Gasteiger partial charge in [0, 0.05) is 29.7 Å². The summed E-state index contributed by atoms with van der Waals surface area (Å²) in [4.78, 5) is 8.98. The zero-order valence-electron chi connectivity index (χ0n) is 13.6. The van der Waals surface area contributed by atoms with Gasteiger partial charge in [-0.2, -0.15) is 4.98 Å². The van der Waals surface area contributed by atoms with Crippen molar-refractivity contribution in [1.82, 2.24) is 9.97 Å². The SMILES string of the molecule is OCCNc1nc(NCc2ccc(Cl)cc2)cc(-c2ccccc2)n1. The normalized spacial score (nSPS) is 10.5. The average molecular weight is 355 g/mol. The fraction of sp³-hybridized carbons (Fsp3) is 0.158. The van der Waals surface area contributed by atoms with Crippen molar-refractivity contribution in [3.8, 4) is 11.3 Å². The summed E-state index contributed by atoms with van der Waals surface area (Å²) in [5, 5.41) is 16.1. The van der Waals surface area contributed by atoms with E-state index in [-0.39, 0.29) is 6.61 Å². The van der Waals surface area contributed by atoms with Crippen LogP contribution in [-0.4, -0.2) is 28.2 Å². The largest absolute Gasteiger partial charge is 0.395 e. The summed E-state index contributed by atoms with van der Waals surface area (Å²) in [6, 6.07) is 19.5. The van der Waals surface area contributed by atoms with Crippen molar-refractivity contribution in [3.05, 3.63) is 71.2 Å². The lowest BCUT2D eigenvalue weighted by molar-refractivity contribution is 0.311. The molecule has 6 heteroatoms. The first kappa shape index (κ1) is 17.2. The van der Waals surface area contributed by atoms with E-state index in [1.165, 1.54) is 0 Å². The van der Waals surface area contributed by atoms with Gasteiger partial charge in [-0.05, 0) is 17.7 Å². The lowest BCUT2D eigenvalue weighted by atomic mass is 10.1. The molecule has 2 aromatic carbocycles. The smallest absolute Gasteiger partial charge is 0.225 e. The summed E-state index contributed by atoms with van der Waals surface area (Å²) in [6.07, 6.45) is 0. The molecule has 5 nitrogen and oxygen atoms in total. The highest BCUT2D eigenvalue weighted by molar-refractivity contribution is 6.30. The van der Waals surface area contributed by atoms with E-state index >= 15 is 0 Å². The highest BCUT2D eigenvalue weighted by Crippen LogP contribution is 2.21. The first-order valence-corrected chi connectivity index (χ1v) is 8.40. The van der Waals surface area contributed by atoms with Gasteiger partial charge in [-0.25, -0.2) is 4.98 Å². The molecule has 3 N–H and O–H groups in total. The lowest BCUT2D eigenvalue weighted by Crippen LogP contribution is -2.11. The van der Waals surface area contributed by atoms with E-state index in [9.17, 15) is 0 Å². The van der Waals surface area contributed by atoms with Crippen LogP contribution in [-0.2, 0) is 6.54 Å². The summed E-state index contributed by atoms with van der Waals surface area (Å²) < 4.78 is 0. The second kappa shape index (κ2) is 8.46. The third kappa shape index (κ3) is 4.92. The maximum Gasteiger partial charge on any atom is 0.225 e. The second-order valence-electron chi connectivity index (χ2n) is 5.46. The van der Waals surface area contributed by atoms with Gasteiger partial charge in [0.15, 0.2) is 0 Å². The van der Waals surface area contributed by atoms with Crippen LogP contribution in [0, 0.1) is 0 Å². The van der Waals surface area contributed by atoms with E-state index < -0.39 is 0 Å². The van der Waals surface area contributed by atoms with Gasteiger partial charge in [0.1, 0.15) is 5.82 Å². The summed E-state index contributed by atoms with van der Waals surface area (Å²) in [6.45, 7) is 1.04. The number of nitrogens with one attached hydrogen (secondary N) is 2. The molecule has 0 spiro atoms. The molecule has 0 saturated carbocycles. The molecule has 0 amide bonds. The molecule has 25 heavy (non-hydrogen) atoms. The van der Waals surface area contributed by atoms with E-state index in [1.807, 2.05) is 60.7 Å². The molecule has 0 fully saturated rings. The molecule has 0 atom stereocenters. The monoisotopic (exact) mass is 354 g/mol. The molecule has 3 rings (SSSR count). The molecule has 0 aliphatic carbocycles. The molecular formula is C19H19ClN4O. The molecule has 0 aliphatic rings. The number of aliphatic hydroxyl groups is 1. The Labute approximate surface area is 151 Å². The Morgan fingerprint density at radius 2 is 1.68 bits per heavy atom. The summed E-state index contributed by atoms with van der Waals surface area (Å²) in [7, 11) is 0. The molecule has 0 radical (unpaired) electrons. The van der Waals surface area contributed by atoms with E-state index in [1.54, 1.807) is 0 Å². The van der Waals surface area contributed by atoms with Crippen molar-refractivity contribution in [3.63, 3.8) is 0 Å². The molecule has 0 unspecified atom stereocenters. The van der Waals surface area contributed by atoms with Crippen LogP contribution in [0.2, 0.25) is 5.02 Å². The Morgan fingerprint density at radius 1 is 0.920 bits per heavy atom. The Kier molecular flexibility index (Phi) is 5.82. The molecule has 1 heterocycles. The Balaban J connectivity index is 1.82. The van der Waals surface area contributed by atoms with Gasteiger partial charge in [0.2, 0.25) is 5.95 Å². The molecule has 0 aliphatic heterocycles. The number of aliphatic hydroxyl groups excluding tert-OH is 1. The molecular weight excluding hydrogens is 336 g/mol. The fourth-order valence-corrected chi connectivity index (χ4v) is 2.46. The van der Waals surface area contributed by atoms with Gasteiger partial charge in [0.05, 0.1) is 12.3 Å². The van der Waals surface area contributed by atoms with Crippen molar-refractivity contribution in [2.24, 2.45) is 0 Å². The first-order valence-electron chi connectivity index (χ1n) is 8.02. The standard InChI is InChI=1S/C19H19ClN4O/c20-16-8-6-14(7-9-16)13-22-18-12-17(15-4-2-1-3-5-15)23-19(24-18)21-10-11-25/h1-9,12,25H,10-11,13H2,(H2,21,22,23,24). The highest BCUT2D eigenvalue weighted by atomic mass is 35.5. The fourth-order valence-electron chi connectivity index (χ4n) is 2.34. The molecule has 0 bridgehead atoms. The van der Waals surface area contributed by atoms with E-state index in [4.69, 9.17) is 16.7 Å². The number of hydrogen-bond acceptors (Lipinski definition) is 5. The predicted octanol–water partition coefficient (Wildman–Crippen LogP) is 3.81. The van der Waals surface area contributed by atoms with Gasteiger partial charge in [-0.3, -0.25) is 0 Å². The van der Waals surface area contributed by atoms with Crippen LogP contribution < -0.4 is 10.6 Å². The van der Waals surface area contributed by atoms with Gasteiger partial charge in [0.25, 0.3) is 0 Å². The minimum Gasteiger partial charge on any atom is -0.395 e. The Hall–Kier alpha value is -2.63. The Bertz CT molecular complexity index is 809. The number of rotatable bonds is 7. The molecule has 1 aromatic heterocycles. The summed E-state index contributed by atoms with van der Waals surface area (Å²) in [5.74, 6) is 1.19. The van der Waals surface area contributed by atoms with Gasteiger partial charge < -0.3 is 15.7 Å². The average Bonchev–Trinajstić information content (AvgIpc) is 2.66. The molecule has 128 valence electrons. The summed E-state index contributed by atoms with van der Waals surface area (Å²) >= 11 is 5.92. The van der Waals surface area contributed by atoms with Crippen molar-refractivity contribution in [1.29, 1.82) is 0 Å². The number of halogens is 1. The maximum atomic E-state index is 9.01. The number of anilines is 2. The van der Waals surface area contributed by atoms with Crippen LogP contribution >= 0.6 is 11.6 Å². The number of aromatic nitrogens is 2. The van der Waals surface area contributed by atoms with Gasteiger partial charge in [-0.15, -0.1) is 0 Å². The minimum atomic E-state index is 0.0203. The first-order chi connectivity index (χ1) is 12.2. The quantitative estimate of drug-likeness (QED) is 0.602. The predicted molar refractivity (Wildman–Crippen MR) is 102 cm³/mol. The van der Waals surface area contributed by atoms with Crippen LogP contribution in [0.4, 0.5) is 11.8 Å². The van der Waals surface area contributed by atoms with Crippen LogP contribution in [0.1, 0.15) is 5.56 Å². The van der Waals surface area contributed by atoms with Crippen molar-refractivity contribution in [2.75, 3.05) is 23.8 Å². The van der Waals surface area contributed by atoms with Crippen LogP contribution in [0.25, 0.3) is 11.3 Å². The third-order valence-corrected chi connectivity index (χ3v) is 3.83. The van der Waals surface area contributed by atoms with Crippen LogP contribution in [0.15, 0.2) is 60.7 Å². The van der Waals surface area contributed by atoms with Crippen LogP contribution in [0.5, 0.6) is 0 Å². The van der Waals surface area contributed by atoms with Crippen molar-refractivity contribution in [2.45, 2.75) is 6.54 Å².